The third kappa shape index (κ3) is 2.76. The van der Waals surface area contributed by atoms with Crippen molar-refractivity contribution in [1.82, 2.24) is 24.6 Å². The Labute approximate surface area is 81.5 Å². The topological polar surface area (TPSA) is 99.8 Å². The molecule has 8 heteroatoms. The fraction of sp³-hybridized carbons (Fsp3) is 0.667. The van der Waals surface area contributed by atoms with Crippen LogP contribution in [0.3, 0.4) is 0 Å². The summed E-state index contributed by atoms with van der Waals surface area (Å²) in [6.07, 6.45) is 3.17. The van der Waals surface area contributed by atoms with E-state index in [1.165, 1.54) is 6.33 Å². The number of aromatic amines is 1. The highest BCUT2D eigenvalue weighted by molar-refractivity contribution is 7.87. The number of aromatic nitrogens is 3. The molecule has 0 atom stereocenters. The quantitative estimate of drug-likeness (QED) is 0.582. The fourth-order valence-corrected chi connectivity index (χ4v) is 2.03. The van der Waals surface area contributed by atoms with Gasteiger partial charge in [0.05, 0.1) is 6.54 Å². The van der Waals surface area contributed by atoms with Gasteiger partial charge in [0.15, 0.2) is 0 Å². The SMILES string of the molecule is O=S(=O)(NCc1ncn[nH]1)NC1CC1. The van der Waals surface area contributed by atoms with Gasteiger partial charge in [-0.1, -0.05) is 0 Å². The van der Waals surface area contributed by atoms with Crippen molar-refractivity contribution >= 4 is 10.2 Å². The summed E-state index contributed by atoms with van der Waals surface area (Å²) in [6, 6.07) is 0.113. The molecule has 1 fully saturated rings. The van der Waals surface area contributed by atoms with E-state index in [0.717, 1.165) is 12.8 Å². The second-order valence-electron chi connectivity index (χ2n) is 3.15. The smallest absolute Gasteiger partial charge is 0.262 e. The van der Waals surface area contributed by atoms with Gasteiger partial charge in [0, 0.05) is 6.04 Å². The molecule has 1 aliphatic rings. The van der Waals surface area contributed by atoms with Crippen LogP contribution in [-0.4, -0.2) is 29.6 Å². The van der Waals surface area contributed by atoms with E-state index in [9.17, 15) is 8.42 Å². The molecule has 1 saturated carbocycles. The van der Waals surface area contributed by atoms with Gasteiger partial charge in [0.2, 0.25) is 0 Å². The monoisotopic (exact) mass is 217 g/mol. The maximum atomic E-state index is 11.3. The lowest BCUT2D eigenvalue weighted by Gasteiger charge is -2.04. The highest BCUT2D eigenvalue weighted by Crippen LogP contribution is 2.19. The second-order valence-corrected chi connectivity index (χ2v) is 4.68. The summed E-state index contributed by atoms with van der Waals surface area (Å²) in [5.74, 6) is 0.492. The molecule has 2 rings (SSSR count). The Morgan fingerprint density at radius 3 is 2.93 bits per heavy atom. The molecule has 1 aromatic rings. The van der Waals surface area contributed by atoms with Crippen LogP contribution in [0, 0.1) is 0 Å². The highest BCUT2D eigenvalue weighted by Gasteiger charge is 2.26. The first-order valence-corrected chi connectivity index (χ1v) is 5.75. The van der Waals surface area contributed by atoms with Crippen LogP contribution in [0.25, 0.3) is 0 Å². The van der Waals surface area contributed by atoms with Crippen LogP contribution in [0.1, 0.15) is 18.7 Å². The van der Waals surface area contributed by atoms with E-state index in [0.29, 0.717) is 5.82 Å². The molecule has 0 radical (unpaired) electrons. The molecule has 0 unspecified atom stereocenters. The van der Waals surface area contributed by atoms with Crippen LogP contribution in [0.2, 0.25) is 0 Å². The van der Waals surface area contributed by atoms with Crippen LogP contribution in [-0.2, 0) is 16.8 Å². The Kier molecular flexibility index (Phi) is 2.48. The van der Waals surface area contributed by atoms with Crippen molar-refractivity contribution < 1.29 is 8.42 Å². The average molecular weight is 217 g/mol. The number of rotatable bonds is 5. The molecule has 0 saturated heterocycles. The van der Waals surface area contributed by atoms with E-state index in [2.05, 4.69) is 24.6 Å². The van der Waals surface area contributed by atoms with Gasteiger partial charge in [-0.25, -0.2) is 4.98 Å². The number of nitrogens with zero attached hydrogens (tertiary/aromatic N) is 2. The molecular weight excluding hydrogens is 206 g/mol. The lowest BCUT2D eigenvalue weighted by Crippen LogP contribution is -2.37. The summed E-state index contributed by atoms with van der Waals surface area (Å²) in [5, 5.41) is 6.17. The van der Waals surface area contributed by atoms with E-state index in [4.69, 9.17) is 0 Å². The third-order valence-corrected chi connectivity index (χ3v) is 2.96. The molecule has 0 bridgehead atoms. The maximum Gasteiger partial charge on any atom is 0.277 e. The lowest BCUT2D eigenvalue weighted by atomic mass is 10.6. The molecule has 7 nitrogen and oxygen atoms in total. The molecule has 14 heavy (non-hydrogen) atoms. The number of hydrogen-bond donors (Lipinski definition) is 3. The third-order valence-electron chi connectivity index (χ3n) is 1.79. The molecule has 0 aromatic carbocycles. The van der Waals surface area contributed by atoms with Gasteiger partial charge in [0.25, 0.3) is 10.2 Å². The Morgan fingerprint density at radius 2 is 2.36 bits per heavy atom. The Balaban J connectivity index is 1.84. The van der Waals surface area contributed by atoms with Crippen molar-refractivity contribution in [3.63, 3.8) is 0 Å². The van der Waals surface area contributed by atoms with Gasteiger partial charge in [-0.05, 0) is 12.8 Å². The summed E-state index contributed by atoms with van der Waals surface area (Å²) >= 11 is 0. The summed E-state index contributed by atoms with van der Waals surface area (Å²) in [6.45, 7) is 0.127. The van der Waals surface area contributed by atoms with E-state index >= 15 is 0 Å². The van der Waals surface area contributed by atoms with Crippen LogP contribution in [0.5, 0.6) is 0 Å². The van der Waals surface area contributed by atoms with Crippen LogP contribution >= 0.6 is 0 Å². The molecule has 0 aliphatic heterocycles. The first kappa shape index (κ1) is 9.56. The van der Waals surface area contributed by atoms with Gasteiger partial charge in [-0.2, -0.15) is 23.0 Å². The van der Waals surface area contributed by atoms with Crippen LogP contribution in [0.15, 0.2) is 6.33 Å². The van der Waals surface area contributed by atoms with Gasteiger partial charge < -0.3 is 0 Å². The van der Waals surface area contributed by atoms with Gasteiger partial charge >= 0.3 is 0 Å². The van der Waals surface area contributed by atoms with Gasteiger partial charge in [-0.3, -0.25) is 5.10 Å². The summed E-state index contributed by atoms with van der Waals surface area (Å²) in [4.78, 5) is 3.79. The van der Waals surface area contributed by atoms with E-state index in [1.807, 2.05) is 0 Å². The summed E-state index contributed by atoms with van der Waals surface area (Å²) in [5.41, 5.74) is 0. The van der Waals surface area contributed by atoms with Crippen LogP contribution < -0.4 is 9.44 Å². The zero-order valence-corrected chi connectivity index (χ0v) is 8.21. The van der Waals surface area contributed by atoms with Crippen molar-refractivity contribution in [2.45, 2.75) is 25.4 Å². The van der Waals surface area contributed by atoms with E-state index < -0.39 is 10.2 Å². The Bertz CT molecular complexity index is 382. The van der Waals surface area contributed by atoms with Crippen molar-refractivity contribution in [3.8, 4) is 0 Å². The molecule has 0 amide bonds. The lowest BCUT2D eigenvalue weighted by molar-refractivity contribution is 0.563. The molecular formula is C6H11N5O2S. The van der Waals surface area contributed by atoms with Gasteiger partial charge in [-0.15, -0.1) is 0 Å². The number of nitrogens with one attached hydrogen (secondary N) is 3. The summed E-state index contributed by atoms with van der Waals surface area (Å²) in [7, 11) is -3.38. The van der Waals surface area contributed by atoms with Crippen LogP contribution in [0.4, 0.5) is 0 Å². The van der Waals surface area contributed by atoms with E-state index in [1.54, 1.807) is 0 Å². The van der Waals surface area contributed by atoms with Crippen molar-refractivity contribution in [2.24, 2.45) is 0 Å². The minimum absolute atomic E-state index is 0.113. The Hall–Kier alpha value is -0.990. The largest absolute Gasteiger partial charge is 0.277 e. The molecule has 78 valence electrons. The number of hydrogen-bond acceptors (Lipinski definition) is 4. The molecule has 1 aromatic heterocycles. The highest BCUT2D eigenvalue weighted by atomic mass is 32.2. The fourth-order valence-electron chi connectivity index (χ4n) is 0.942. The minimum Gasteiger partial charge on any atom is -0.262 e. The molecule has 0 spiro atoms. The molecule has 1 heterocycles. The van der Waals surface area contributed by atoms with Gasteiger partial charge in [0.1, 0.15) is 12.2 Å². The van der Waals surface area contributed by atoms with Crippen molar-refractivity contribution in [3.05, 3.63) is 12.2 Å². The second kappa shape index (κ2) is 3.64. The maximum absolute atomic E-state index is 11.3. The zero-order valence-electron chi connectivity index (χ0n) is 7.40. The minimum atomic E-state index is -3.38. The normalized spacial score (nSPS) is 17.1. The Morgan fingerprint density at radius 1 is 1.57 bits per heavy atom. The zero-order chi connectivity index (χ0) is 10.0. The average Bonchev–Trinajstić information content (AvgIpc) is 2.78. The van der Waals surface area contributed by atoms with Crippen molar-refractivity contribution in [1.29, 1.82) is 0 Å². The standard InChI is InChI=1S/C6H11N5O2S/c12-14(13,11-5-1-2-5)9-3-6-7-4-8-10-6/h4-5,9,11H,1-3H2,(H,7,8,10). The predicted octanol–water partition coefficient (Wildman–Crippen LogP) is -1.11. The molecule has 1 aliphatic carbocycles. The predicted molar refractivity (Wildman–Crippen MR) is 48.3 cm³/mol. The summed E-state index contributed by atoms with van der Waals surface area (Å²) < 4.78 is 27.4. The first-order chi connectivity index (χ1) is 6.66. The first-order valence-electron chi connectivity index (χ1n) is 4.27. The molecule has 3 N–H and O–H groups in total. The van der Waals surface area contributed by atoms with Crippen molar-refractivity contribution in [2.75, 3.05) is 0 Å². The van der Waals surface area contributed by atoms with E-state index in [-0.39, 0.29) is 12.6 Å². The number of H-pyrrole nitrogens is 1.